The molecule has 1 heterocycles. The maximum atomic E-state index is 12.9. The van der Waals surface area contributed by atoms with Crippen LogP contribution < -0.4 is 0 Å². The van der Waals surface area contributed by atoms with E-state index in [9.17, 15) is 13.2 Å². The van der Waals surface area contributed by atoms with E-state index in [-0.39, 0.29) is 6.54 Å². The van der Waals surface area contributed by atoms with Crippen LogP contribution in [-0.4, -0.2) is 36.5 Å². The average molecular weight is 460 g/mol. The quantitative estimate of drug-likeness (QED) is 0.550. The van der Waals surface area contributed by atoms with Crippen LogP contribution >= 0.6 is 27.5 Å². The lowest BCUT2D eigenvalue weighted by Gasteiger charge is -2.23. The molecular weight excluding hydrogens is 441 g/mol. The number of benzene rings is 2. The highest BCUT2D eigenvalue weighted by Gasteiger charge is 2.34. The number of halogens is 5. The van der Waals surface area contributed by atoms with Crippen molar-refractivity contribution < 1.29 is 13.2 Å². The Balaban J connectivity index is 1.88. The monoisotopic (exact) mass is 458 g/mol. The van der Waals surface area contributed by atoms with Crippen LogP contribution in [0, 0.1) is 6.92 Å². The minimum Gasteiger partial charge on any atom is -0.345 e. The Morgan fingerprint density at radius 2 is 1.96 bits per heavy atom. The lowest BCUT2D eigenvalue weighted by Crippen LogP contribution is -2.37. The summed E-state index contributed by atoms with van der Waals surface area (Å²) in [6.45, 7) is 1.68. The Morgan fingerprint density at radius 1 is 1.19 bits per heavy atom. The number of rotatable bonds is 5. The molecule has 0 aromatic heterocycles. The molecule has 0 radical (unpaired) electrons. The lowest BCUT2D eigenvalue weighted by atomic mass is 9.96. The Morgan fingerprint density at radius 3 is 2.70 bits per heavy atom. The number of hydrogen-bond acceptors (Lipinski definition) is 2. The zero-order chi connectivity index (χ0) is 19.6. The molecule has 27 heavy (non-hydrogen) atoms. The first-order chi connectivity index (χ1) is 12.7. The molecule has 1 aliphatic heterocycles. The van der Waals surface area contributed by atoms with Crippen molar-refractivity contribution in [2.45, 2.75) is 25.9 Å². The first-order valence-electron chi connectivity index (χ1n) is 8.63. The van der Waals surface area contributed by atoms with Gasteiger partial charge in [-0.3, -0.25) is 4.99 Å². The normalized spacial score (nSPS) is 14.6. The summed E-state index contributed by atoms with van der Waals surface area (Å²) in [6, 6.07) is 11.4. The van der Waals surface area contributed by atoms with Gasteiger partial charge in [-0.1, -0.05) is 45.7 Å². The van der Waals surface area contributed by atoms with Crippen molar-refractivity contribution in [3.63, 3.8) is 0 Å². The van der Waals surface area contributed by atoms with E-state index in [2.05, 4.69) is 27.0 Å². The number of aliphatic imine (C=N–C) groups is 1. The van der Waals surface area contributed by atoms with Gasteiger partial charge in [0.05, 0.1) is 6.54 Å². The summed E-state index contributed by atoms with van der Waals surface area (Å²) in [6.07, 6.45) is -2.89. The Labute approximate surface area is 170 Å². The van der Waals surface area contributed by atoms with Gasteiger partial charge in [0.2, 0.25) is 0 Å². The third-order valence-corrected chi connectivity index (χ3v) is 5.46. The number of nitrogens with zero attached hydrogens (tertiary/aromatic N) is 2. The van der Waals surface area contributed by atoms with Crippen LogP contribution in [0.3, 0.4) is 0 Å². The topological polar surface area (TPSA) is 15.6 Å². The second-order valence-electron chi connectivity index (χ2n) is 6.58. The minimum absolute atomic E-state index is 0.269. The van der Waals surface area contributed by atoms with Crippen LogP contribution in [0.15, 0.2) is 45.9 Å². The fourth-order valence-corrected chi connectivity index (χ4v) is 3.98. The van der Waals surface area contributed by atoms with Crippen LogP contribution in [0.1, 0.15) is 22.3 Å². The third kappa shape index (κ3) is 5.05. The summed E-state index contributed by atoms with van der Waals surface area (Å²) in [5, 5.41) is 0.557. The second kappa shape index (κ2) is 8.23. The Hall–Kier alpha value is -1.53. The van der Waals surface area contributed by atoms with Crippen LogP contribution in [0.5, 0.6) is 0 Å². The highest BCUT2D eigenvalue weighted by Crippen LogP contribution is 2.28. The zero-order valence-electron chi connectivity index (χ0n) is 14.8. The average Bonchev–Trinajstić information content (AvgIpc) is 3.02. The van der Waals surface area contributed by atoms with E-state index >= 15 is 0 Å². The maximum Gasteiger partial charge on any atom is 0.405 e. The number of hydrogen-bond donors (Lipinski definition) is 0. The molecule has 0 bridgehead atoms. The fraction of sp³-hybridized carbons (Fsp3) is 0.350. The van der Waals surface area contributed by atoms with Crippen LogP contribution in [0.4, 0.5) is 13.2 Å². The van der Waals surface area contributed by atoms with Gasteiger partial charge in [0.1, 0.15) is 12.4 Å². The van der Waals surface area contributed by atoms with Crippen molar-refractivity contribution in [1.29, 1.82) is 0 Å². The van der Waals surface area contributed by atoms with Gasteiger partial charge in [-0.05, 0) is 54.7 Å². The Bertz CT molecular complexity index is 865. The predicted molar refractivity (Wildman–Crippen MR) is 107 cm³/mol. The molecule has 1 aliphatic rings. The van der Waals surface area contributed by atoms with Crippen LogP contribution in [-0.2, 0) is 12.8 Å². The highest BCUT2D eigenvalue weighted by molar-refractivity contribution is 9.10. The summed E-state index contributed by atoms with van der Waals surface area (Å²) < 4.78 is 39.7. The summed E-state index contributed by atoms with van der Waals surface area (Å²) in [5.41, 5.74) is 3.88. The molecule has 0 atom stereocenters. The van der Waals surface area contributed by atoms with Crippen LogP contribution in [0.25, 0.3) is 0 Å². The molecule has 0 spiro atoms. The van der Waals surface area contributed by atoms with Gasteiger partial charge < -0.3 is 4.90 Å². The van der Waals surface area contributed by atoms with E-state index in [1.165, 1.54) is 16.0 Å². The maximum absolute atomic E-state index is 12.9. The van der Waals surface area contributed by atoms with Gasteiger partial charge >= 0.3 is 6.18 Å². The first kappa shape index (κ1) is 20.2. The zero-order valence-corrected chi connectivity index (χ0v) is 17.1. The molecule has 0 fully saturated rings. The summed E-state index contributed by atoms with van der Waals surface area (Å²) in [4.78, 5) is 5.63. The third-order valence-electron chi connectivity index (χ3n) is 4.62. The van der Waals surface area contributed by atoms with E-state index in [1.807, 2.05) is 25.1 Å². The molecule has 2 aromatic carbocycles. The summed E-state index contributed by atoms with van der Waals surface area (Å²) >= 11 is 9.90. The van der Waals surface area contributed by atoms with Gasteiger partial charge in [-0.25, -0.2) is 0 Å². The smallest absolute Gasteiger partial charge is 0.345 e. The molecule has 0 unspecified atom stereocenters. The molecule has 7 heteroatoms. The Kier molecular flexibility index (Phi) is 6.16. The molecular formula is C20H19BrClF3N2. The van der Waals surface area contributed by atoms with E-state index in [0.29, 0.717) is 29.4 Å². The molecule has 2 nitrogen and oxygen atoms in total. The van der Waals surface area contributed by atoms with Gasteiger partial charge in [-0.15, -0.1) is 0 Å². The molecule has 0 N–H and O–H groups in total. The lowest BCUT2D eigenvalue weighted by molar-refractivity contribution is -0.136. The largest absolute Gasteiger partial charge is 0.405 e. The standard InChI is InChI=1S/C20H19BrClF3N2/c1-13-5-7-15(21)11-14(13)6-8-16-17(3-2-4-18(16)22)19-26-9-10-27(19)12-20(23,24)25/h2-5,7,11H,6,8-10,12H2,1H3. The van der Waals surface area contributed by atoms with Gasteiger partial charge in [0.25, 0.3) is 0 Å². The van der Waals surface area contributed by atoms with E-state index in [1.54, 1.807) is 12.1 Å². The van der Waals surface area contributed by atoms with Gasteiger partial charge in [0.15, 0.2) is 0 Å². The molecule has 2 aromatic rings. The predicted octanol–water partition coefficient (Wildman–Crippen LogP) is 5.82. The highest BCUT2D eigenvalue weighted by atomic mass is 79.9. The molecule has 0 amide bonds. The number of amidine groups is 1. The molecule has 0 saturated heterocycles. The van der Waals surface area contributed by atoms with E-state index < -0.39 is 12.7 Å². The molecule has 0 saturated carbocycles. The molecule has 144 valence electrons. The van der Waals surface area contributed by atoms with Crippen molar-refractivity contribution in [3.05, 3.63) is 68.1 Å². The van der Waals surface area contributed by atoms with Crippen molar-refractivity contribution >= 4 is 33.4 Å². The molecule has 3 rings (SSSR count). The fourth-order valence-electron chi connectivity index (χ4n) is 3.30. The summed E-state index contributed by atoms with van der Waals surface area (Å²) in [7, 11) is 0. The van der Waals surface area contributed by atoms with Gasteiger partial charge in [-0.2, -0.15) is 13.2 Å². The molecule has 0 aliphatic carbocycles. The summed E-state index contributed by atoms with van der Waals surface area (Å²) in [5.74, 6) is 0.385. The van der Waals surface area contributed by atoms with Crippen molar-refractivity contribution in [1.82, 2.24) is 4.90 Å². The number of alkyl halides is 3. The van der Waals surface area contributed by atoms with Crippen molar-refractivity contribution in [2.24, 2.45) is 4.99 Å². The number of aryl methyl sites for hydroxylation is 2. The van der Waals surface area contributed by atoms with E-state index in [4.69, 9.17) is 11.6 Å². The SMILES string of the molecule is Cc1ccc(Br)cc1CCc1c(Cl)cccc1C1=NCCN1CC(F)(F)F. The first-order valence-corrected chi connectivity index (χ1v) is 9.80. The second-order valence-corrected chi connectivity index (χ2v) is 7.90. The minimum atomic E-state index is -4.27. The van der Waals surface area contributed by atoms with E-state index in [0.717, 1.165) is 16.5 Å². The van der Waals surface area contributed by atoms with Gasteiger partial charge in [0, 0.05) is 21.6 Å². The van der Waals surface area contributed by atoms with Crippen molar-refractivity contribution in [2.75, 3.05) is 19.6 Å². The van der Waals surface area contributed by atoms with Crippen molar-refractivity contribution in [3.8, 4) is 0 Å². The van der Waals surface area contributed by atoms with Crippen LogP contribution in [0.2, 0.25) is 5.02 Å².